The number of nitrogens with zero attached hydrogens (tertiary/aromatic N) is 1. The summed E-state index contributed by atoms with van der Waals surface area (Å²) in [5.74, 6) is 0.370. The Kier molecular flexibility index (Phi) is 5.35. The minimum Gasteiger partial charge on any atom is -0.484 e. The van der Waals surface area contributed by atoms with Gasteiger partial charge in [-0.15, -0.1) is 0 Å². The van der Waals surface area contributed by atoms with E-state index in [9.17, 15) is 9.59 Å². The number of hydrogen-bond acceptors (Lipinski definition) is 5. The molecular weight excluding hydrogens is 322 g/mol. The maximum absolute atomic E-state index is 12.3. The number of furan rings is 1. The Morgan fingerprint density at radius 2 is 2.24 bits per heavy atom. The molecule has 0 saturated carbocycles. The van der Waals surface area contributed by atoms with Crippen molar-refractivity contribution in [3.05, 3.63) is 48.4 Å². The fourth-order valence-corrected chi connectivity index (χ4v) is 2.70. The molecule has 7 nitrogen and oxygen atoms in total. The first-order valence-corrected chi connectivity index (χ1v) is 8.21. The highest BCUT2D eigenvalue weighted by atomic mass is 16.5. The van der Waals surface area contributed by atoms with Gasteiger partial charge in [0.2, 0.25) is 0 Å². The first-order valence-electron chi connectivity index (χ1n) is 8.21. The number of carbonyl (C=O) groups excluding carboxylic acids is 2. The summed E-state index contributed by atoms with van der Waals surface area (Å²) in [6.45, 7) is 4.25. The molecule has 1 atom stereocenters. The first kappa shape index (κ1) is 17.0. The van der Waals surface area contributed by atoms with Crippen molar-refractivity contribution in [2.75, 3.05) is 31.6 Å². The monoisotopic (exact) mass is 343 g/mol. The zero-order chi connectivity index (χ0) is 17.6. The van der Waals surface area contributed by atoms with Gasteiger partial charge in [0, 0.05) is 37.4 Å². The van der Waals surface area contributed by atoms with E-state index in [2.05, 4.69) is 10.6 Å². The maximum atomic E-state index is 12.3. The SMILES string of the molecule is CC1CNCCN1C(=O)COc1cccc(NC(=O)c2ccco2)c1. The lowest BCUT2D eigenvalue weighted by Crippen LogP contribution is -2.53. The van der Waals surface area contributed by atoms with Gasteiger partial charge in [0.05, 0.1) is 6.26 Å². The lowest BCUT2D eigenvalue weighted by molar-refractivity contribution is -0.136. The summed E-state index contributed by atoms with van der Waals surface area (Å²) < 4.78 is 10.7. The first-order chi connectivity index (χ1) is 12.1. The molecule has 1 aliphatic rings. The van der Waals surface area contributed by atoms with Crippen LogP contribution < -0.4 is 15.4 Å². The predicted molar refractivity (Wildman–Crippen MR) is 92.6 cm³/mol. The zero-order valence-corrected chi connectivity index (χ0v) is 14.0. The smallest absolute Gasteiger partial charge is 0.291 e. The largest absolute Gasteiger partial charge is 0.484 e. The number of anilines is 1. The molecule has 0 aliphatic carbocycles. The standard InChI is InChI=1S/C18H21N3O4/c1-13-11-19-7-8-21(13)17(22)12-25-15-5-2-4-14(10-15)20-18(23)16-6-3-9-24-16/h2-6,9-10,13,19H,7-8,11-12H2,1H3,(H,20,23). The Bertz CT molecular complexity index is 730. The van der Waals surface area contributed by atoms with Crippen LogP contribution in [0.3, 0.4) is 0 Å². The molecule has 0 bridgehead atoms. The van der Waals surface area contributed by atoms with Gasteiger partial charge in [-0.2, -0.15) is 0 Å². The number of rotatable bonds is 5. The normalized spacial score (nSPS) is 17.2. The van der Waals surface area contributed by atoms with Crippen LogP contribution >= 0.6 is 0 Å². The van der Waals surface area contributed by atoms with Gasteiger partial charge < -0.3 is 24.7 Å². The molecule has 1 aromatic carbocycles. The molecule has 0 spiro atoms. The minimum absolute atomic E-state index is 0.0279. The maximum Gasteiger partial charge on any atom is 0.291 e. The van der Waals surface area contributed by atoms with Crippen LogP contribution in [0.1, 0.15) is 17.5 Å². The lowest BCUT2D eigenvalue weighted by atomic mass is 10.2. The van der Waals surface area contributed by atoms with Crippen molar-refractivity contribution in [3.8, 4) is 5.75 Å². The van der Waals surface area contributed by atoms with Gasteiger partial charge in [0.25, 0.3) is 11.8 Å². The minimum atomic E-state index is -0.340. The highest BCUT2D eigenvalue weighted by molar-refractivity contribution is 6.02. The van der Waals surface area contributed by atoms with E-state index in [1.165, 1.54) is 6.26 Å². The molecule has 1 aliphatic heterocycles. The number of ether oxygens (including phenoxy) is 1. The van der Waals surface area contributed by atoms with E-state index in [1.807, 2.05) is 11.8 Å². The van der Waals surface area contributed by atoms with Crippen molar-refractivity contribution in [1.82, 2.24) is 10.2 Å². The van der Waals surface area contributed by atoms with Crippen LogP contribution in [-0.4, -0.2) is 49.0 Å². The number of nitrogens with one attached hydrogen (secondary N) is 2. The second kappa shape index (κ2) is 7.85. The lowest BCUT2D eigenvalue weighted by Gasteiger charge is -2.33. The summed E-state index contributed by atoms with van der Waals surface area (Å²) in [5.41, 5.74) is 0.571. The molecule has 2 amide bonds. The average molecular weight is 343 g/mol. The van der Waals surface area contributed by atoms with E-state index in [1.54, 1.807) is 36.4 Å². The molecule has 1 saturated heterocycles. The van der Waals surface area contributed by atoms with E-state index < -0.39 is 0 Å². The summed E-state index contributed by atoms with van der Waals surface area (Å²) in [6.07, 6.45) is 1.44. The van der Waals surface area contributed by atoms with Crippen LogP contribution in [0.25, 0.3) is 0 Å². The average Bonchev–Trinajstić information content (AvgIpc) is 3.15. The molecule has 132 valence electrons. The van der Waals surface area contributed by atoms with Crippen molar-refractivity contribution in [2.24, 2.45) is 0 Å². The van der Waals surface area contributed by atoms with Crippen molar-refractivity contribution in [1.29, 1.82) is 0 Å². The molecule has 1 fully saturated rings. The van der Waals surface area contributed by atoms with E-state index in [0.717, 1.165) is 13.1 Å². The van der Waals surface area contributed by atoms with Crippen molar-refractivity contribution in [2.45, 2.75) is 13.0 Å². The number of amides is 2. The molecule has 25 heavy (non-hydrogen) atoms. The van der Waals surface area contributed by atoms with Crippen LogP contribution in [0.2, 0.25) is 0 Å². The van der Waals surface area contributed by atoms with Gasteiger partial charge in [0.15, 0.2) is 12.4 Å². The Hall–Kier alpha value is -2.80. The predicted octanol–water partition coefficient (Wildman–Crippen LogP) is 1.73. The van der Waals surface area contributed by atoms with Crippen LogP contribution in [0.5, 0.6) is 5.75 Å². The van der Waals surface area contributed by atoms with Crippen LogP contribution in [0, 0.1) is 0 Å². The second-order valence-electron chi connectivity index (χ2n) is 5.89. The molecule has 3 rings (SSSR count). The Morgan fingerprint density at radius 1 is 1.36 bits per heavy atom. The molecule has 2 aromatic rings. The number of carbonyl (C=O) groups is 2. The van der Waals surface area contributed by atoms with Gasteiger partial charge in [-0.05, 0) is 31.2 Å². The molecule has 1 aromatic heterocycles. The third kappa shape index (κ3) is 4.39. The fraction of sp³-hybridized carbons (Fsp3) is 0.333. The van der Waals surface area contributed by atoms with E-state index in [-0.39, 0.29) is 30.2 Å². The molecule has 1 unspecified atom stereocenters. The fourth-order valence-electron chi connectivity index (χ4n) is 2.70. The topological polar surface area (TPSA) is 83.8 Å². The van der Waals surface area contributed by atoms with Crippen molar-refractivity contribution in [3.63, 3.8) is 0 Å². The molecule has 2 N–H and O–H groups in total. The summed E-state index contributed by atoms with van der Waals surface area (Å²) >= 11 is 0. The Labute approximate surface area is 145 Å². The Balaban J connectivity index is 1.56. The summed E-state index contributed by atoms with van der Waals surface area (Å²) in [7, 11) is 0. The number of hydrogen-bond donors (Lipinski definition) is 2. The Morgan fingerprint density at radius 3 is 3.00 bits per heavy atom. The van der Waals surface area contributed by atoms with Crippen LogP contribution in [0.4, 0.5) is 5.69 Å². The van der Waals surface area contributed by atoms with Gasteiger partial charge in [-0.3, -0.25) is 9.59 Å². The third-order valence-corrected chi connectivity index (χ3v) is 4.02. The third-order valence-electron chi connectivity index (χ3n) is 4.02. The van der Waals surface area contributed by atoms with E-state index >= 15 is 0 Å². The highest BCUT2D eigenvalue weighted by Gasteiger charge is 2.23. The molecule has 7 heteroatoms. The van der Waals surface area contributed by atoms with Gasteiger partial charge in [0.1, 0.15) is 5.75 Å². The summed E-state index contributed by atoms with van der Waals surface area (Å²) in [4.78, 5) is 26.1. The van der Waals surface area contributed by atoms with Crippen LogP contribution in [0.15, 0.2) is 47.1 Å². The molecular formula is C18H21N3O4. The quantitative estimate of drug-likeness (QED) is 0.864. The van der Waals surface area contributed by atoms with Gasteiger partial charge >= 0.3 is 0 Å². The van der Waals surface area contributed by atoms with E-state index in [4.69, 9.17) is 9.15 Å². The van der Waals surface area contributed by atoms with Gasteiger partial charge in [-0.1, -0.05) is 6.07 Å². The summed E-state index contributed by atoms with van der Waals surface area (Å²) in [6, 6.07) is 10.3. The van der Waals surface area contributed by atoms with Crippen molar-refractivity contribution < 1.29 is 18.7 Å². The van der Waals surface area contributed by atoms with Crippen LogP contribution in [-0.2, 0) is 4.79 Å². The zero-order valence-electron chi connectivity index (χ0n) is 14.0. The van der Waals surface area contributed by atoms with E-state index in [0.29, 0.717) is 18.0 Å². The number of piperazine rings is 1. The molecule has 0 radical (unpaired) electrons. The summed E-state index contributed by atoms with van der Waals surface area (Å²) in [5, 5.41) is 5.97. The highest BCUT2D eigenvalue weighted by Crippen LogP contribution is 2.18. The van der Waals surface area contributed by atoms with Crippen molar-refractivity contribution >= 4 is 17.5 Å². The second-order valence-corrected chi connectivity index (χ2v) is 5.89. The number of benzene rings is 1. The van der Waals surface area contributed by atoms with Gasteiger partial charge in [-0.25, -0.2) is 0 Å². The molecule has 2 heterocycles.